The number of nitrogens with one attached hydrogen (secondary N) is 2. The van der Waals surface area contributed by atoms with Crippen LogP contribution >= 0.6 is 0 Å². The Balaban J connectivity index is 1.79. The lowest BCUT2D eigenvalue weighted by Gasteiger charge is -2.06. The lowest BCUT2D eigenvalue weighted by Crippen LogP contribution is -2.02. The first-order valence-corrected chi connectivity index (χ1v) is 6.37. The number of benzene rings is 2. The van der Waals surface area contributed by atoms with Crippen LogP contribution in [0, 0.1) is 11.6 Å². The molecule has 21 heavy (non-hydrogen) atoms. The monoisotopic (exact) mass is 286 g/mol. The molecule has 0 atom stereocenters. The number of aromatic amines is 1. The van der Waals surface area contributed by atoms with Crippen molar-refractivity contribution >= 4 is 5.69 Å². The molecule has 0 fully saturated rings. The molecule has 0 bridgehead atoms. The van der Waals surface area contributed by atoms with Crippen molar-refractivity contribution in [1.82, 2.24) is 15.4 Å². The van der Waals surface area contributed by atoms with Gasteiger partial charge in [0.25, 0.3) is 0 Å². The van der Waals surface area contributed by atoms with Crippen LogP contribution < -0.4 is 5.32 Å². The summed E-state index contributed by atoms with van der Waals surface area (Å²) in [6.45, 7) is 0.309. The predicted molar refractivity (Wildman–Crippen MR) is 75.5 cm³/mol. The Hall–Kier alpha value is -2.76. The third kappa shape index (κ3) is 3.05. The Kier molecular flexibility index (Phi) is 3.59. The third-order valence-electron chi connectivity index (χ3n) is 2.99. The highest BCUT2D eigenvalue weighted by atomic mass is 19.1. The molecule has 0 aliphatic carbocycles. The van der Waals surface area contributed by atoms with Crippen molar-refractivity contribution in [2.24, 2.45) is 0 Å². The average Bonchev–Trinajstić information content (AvgIpc) is 2.93. The van der Waals surface area contributed by atoms with E-state index in [0.29, 0.717) is 23.6 Å². The Labute approximate surface area is 119 Å². The van der Waals surface area contributed by atoms with Crippen molar-refractivity contribution in [3.8, 4) is 11.3 Å². The first-order valence-electron chi connectivity index (χ1n) is 6.37. The summed E-state index contributed by atoms with van der Waals surface area (Å²) in [5, 5.41) is 13.7. The number of hydrogen-bond donors (Lipinski definition) is 2. The third-order valence-corrected chi connectivity index (χ3v) is 2.99. The quantitative estimate of drug-likeness (QED) is 0.773. The lowest BCUT2D eigenvalue weighted by molar-refractivity contribution is 0.584. The number of halogens is 2. The molecular weight excluding hydrogens is 274 g/mol. The summed E-state index contributed by atoms with van der Waals surface area (Å²) in [5.41, 5.74) is 2.66. The first-order chi connectivity index (χ1) is 10.2. The van der Waals surface area contributed by atoms with E-state index in [9.17, 15) is 8.78 Å². The van der Waals surface area contributed by atoms with E-state index in [4.69, 9.17) is 0 Å². The highest BCUT2D eigenvalue weighted by molar-refractivity contribution is 5.61. The molecule has 0 radical (unpaired) electrons. The van der Waals surface area contributed by atoms with Gasteiger partial charge in [0, 0.05) is 17.3 Å². The largest absolute Gasteiger partial charge is 0.379 e. The highest BCUT2D eigenvalue weighted by Gasteiger charge is 2.10. The first kappa shape index (κ1) is 13.2. The van der Waals surface area contributed by atoms with Crippen molar-refractivity contribution in [1.29, 1.82) is 0 Å². The van der Waals surface area contributed by atoms with Crippen LogP contribution in [0.3, 0.4) is 0 Å². The Bertz CT molecular complexity index is 720. The minimum Gasteiger partial charge on any atom is -0.379 e. The number of nitrogens with zero attached hydrogens (tertiary/aromatic N) is 2. The van der Waals surface area contributed by atoms with Crippen molar-refractivity contribution in [3.05, 3.63) is 65.9 Å². The Morgan fingerprint density at radius 2 is 1.67 bits per heavy atom. The second-order valence-electron chi connectivity index (χ2n) is 4.50. The second kappa shape index (κ2) is 5.70. The number of H-pyrrole nitrogens is 1. The fourth-order valence-electron chi connectivity index (χ4n) is 2.04. The molecule has 2 aromatic carbocycles. The topological polar surface area (TPSA) is 53.6 Å². The van der Waals surface area contributed by atoms with Crippen LogP contribution in [0.25, 0.3) is 11.3 Å². The van der Waals surface area contributed by atoms with Crippen molar-refractivity contribution in [2.75, 3.05) is 5.32 Å². The number of rotatable bonds is 4. The molecule has 0 amide bonds. The second-order valence-corrected chi connectivity index (χ2v) is 4.50. The molecule has 0 unspecified atom stereocenters. The fraction of sp³-hybridized carbons (Fsp3) is 0.0667. The zero-order valence-electron chi connectivity index (χ0n) is 11.0. The average molecular weight is 286 g/mol. The van der Waals surface area contributed by atoms with E-state index < -0.39 is 11.6 Å². The van der Waals surface area contributed by atoms with E-state index in [0.717, 1.165) is 11.6 Å². The standard InChI is InChI=1S/C15H12F2N4/c16-11-6-12(17)8-13(7-11)18-9-14-15(20-21-19-14)10-4-2-1-3-5-10/h1-8,18H,9H2,(H,19,20,21). The van der Waals surface area contributed by atoms with Crippen molar-refractivity contribution < 1.29 is 8.78 Å². The summed E-state index contributed by atoms with van der Waals surface area (Å²) in [6, 6.07) is 12.9. The van der Waals surface area contributed by atoms with Gasteiger partial charge < -0.3 is 5.32 Å². The maximum absolute atomic E-state index is 13.1. The zero-order valence-corrected chi connectivity index (χ0v) is 11.0. The SMILES string of the molecule is Fc1cc(F)cc(NCc2n[nH]nc2-c2ccccc2)c1. The van der Waals surface area contributed by atoms with E-state index in [-0.39, 0.29) is 0 Å². The van der Waals surface area contributed by atoms with Gasteiger partial charge >= 0.3 is 0 Å². The lowest BCUT2D eigenvalue weighted by atomic mass is 10.1. The molecular formula is C15H12F2N4. The molecule has 0 spiro atoms. The van der Waals surface area contributed by atoms with Crippen LogP contribution in [0.5, 0.6) is 0 Å². The van der Waals surface area contributed by atoms with Crippen LogP contribution in [0.2, 0.25) is 0 Å². The van der Waals surface area contributed by atoms with Crippen LogP contribution in [-0.2, 0) is 6.54 Å². The number of aromatic nitrogens is 3. The molecule has 2 N–H and O–H groups in total. The van der Waals surface area contributed by atoms with Crippen LogP contribution in [0.15, 0.2) is 48.5 Å². The number of anilines is 1. The summed E-state index contributed by atoms with van der Waals surface area (Å²) in [7, 11) is 0. The van der Waals surface area contributed by atoms with E-state index in [2.05, 4.69) is 20.7 Å². The van der Waals surface area contributed by atoms with Gasteiger partial charge in [-0.3, -0.25) is 0 Å². The fourth-order valence-corrected chi connectivity index (χ4v) is 2.04. The Morgan fingerprint density at radius 3 is 2.38 bits per heavy atom. The smallest absolute Gasteiger partial charge is 0.128 e. The van der Waals surface area contributed by atoms with Crippen molar-refractivity contribution in [2.45, 2.75) is 6.54 Å². The van der Waals surface area contributed by atoms with Gasteiger partial charge in [-0.2, -0.15) is 15.4 Å². The molecule has 0 aliphatic rings. The molecule has 3 aromatic rings. The molecule has 0 aliphatic heterocycles. The van der Waals surface area contributed by atoms with E-state index in [1.807, 2.05) is 30.3 Å². The molecule has 1 aromatic heterocycles. The maximum Gasteiger partial charge on any atom is 0.128 e. The summed E-state index contributed by atoms with van der Waals surface area (Å²) >= 11 is 0. The maximum atomic E-state index is 13.1. The summed E-state index contributed by atoms with van der Waals surface area (Å²) < 4.78 is 26.2. The van der Waals surface area contributed by atoms with Gasteiger partial charge in [0.15, 0.2) is 0 Å². The molecule has 6 heteroatoms. The van der Waals surface area contributed by atoms with Gasteiger partial charge in [-0.05, 0) is 12.1 Å². The Morgan fingerprint density at radius 1 is 0.952 bits per heavy atom. The summed E-state index contributed by atoms with van der Waals surface area (Å²) in [5.74, 6) is -1.25. The van der Waals surface area contributed by atoms with Crippen molar-refractivity contribution in [3.63, 3.8) is 0 Å². The molecule has 106 valence electrons. The van der Waals surface area contributed by atoms with Gasteiger partial charge in [0.2, 0.25) is 0 Å². The highest BCUT2D eigenvalue weighted by Crippen LogP contribution is 2.20. The molecule has 0 saturated heterocycles. The molecule has 3 rings (SSSR count). The number of hydrogen-bond acceptors (Lipinski definition) is 3. The van der Waals surface area contributed by atoms with E-state index in [1.54, 1.807) is 0 Å². The van der Waals surface area contributed by atoms with Gasteiger partial charge in [0.05, 0.1) is 6.54 Å². The summed E-state index contributed by atoms with van der Waals surface area (Å²) in [4.78, 5) is 0. The van der Waals surface area contributed by atoms with Gasteiger partial charge in [-0.25, -0.2) is 8.78 Å². The predicted octanol–water partition coefficient (Wildman–Crippen LogP) is 3.36. The van der Waals surface area contributed by atoms with Gasteiger partial charge in [-0.15, -0.1) is 0 Å². The molecule has 4 nitrogen and oxygen atoms in total. The minimum atomic E-state index is -0.624. The van der Waals surface area contributed by atoms with Crippen LogP contribution in [0.1, 0.15) is 5.69 Å². The van der Waals surface area contributed by atoms with Gasteiger partial charge in [0.1, 0.15) is 23.0 Å². The van der Waals surface area contributed by atoms with E-state index >= 15 is 0 Å². The van der Waals surface area contributed by atoms with Crippen LogP contribution in [0.4, 0.5) is 14.5 Å². The normalized spacial score (nSPS) is 10.6. The minimum absolute atomic E-state index is 0.309. The van der Waals surface area contributed by atoms with Gasteiger partial charge in [-0.1, -0.05) is 30.3 Å². The van der Waals surface area contributed by atoms with Crippen LogP contribution in [-0.4, -0.2) is 15.4 Å². The summed E-state index contributed by atoms with van der Waals surface area (Å²) in [6.07, 6.45) is 0. The molecule has 0 saturated carbocycles. The van der Waals surface area contributed by atoms with E-state index in [1.165, 1.54) is 12.1 Å². The molecule has 1 heterocycles. The zero-order chi connectivity index (χ0) is 14.7.